The molecule has 20 heavy (non-hydrogen) atoms. The average molecular weight is 286 g/mol. The molecule has 0 aromatic heterocycles. The summed E-state index contributed by atoms with van der Waals surface area (Å²) in [6, 6.07) is 1.29. The molecule has 1 fully saturated rings. The molecule has 3 nitrogen and oxygen atoms in total. The lowest BCUT2D eigenvalue weighted by molar-refractivity contribution is -0.125. The second-order valence-corrected chi connectivity index (χ2v) is 5.45. The smallest absolute Gasteiger partial charge is 0.222 e. The maximum absolute atomic E-state index is 13.9. The topological polar surface area (TPSA) is 55.1 Å². The summed E-state index contributed by atoms with van der Waals surface area (Å²) in [4.78, 5) is 11.6. The number of hydrogen-bond donors (Lipinski definition) is 2. The fraction of sp³-hybridized carbons (Fsp3) is 0.500. The zero-order valence-corrected chi connectivity index (χ0v) is 11.3. The van der Waals surface area contributed by atoms with Gasteiger partial charge in [-0.3, -0.25) is 4.79 Å². The molecule has 3 N–H and O–H groups in total. The van der Waals surface area contributed by atoms with Gasteiger partial charge in [0.05, 0.1) is 5.92 Å². The van der Waals surface area contributed by atoms with Crippen LogP contribution in [0.2, 0.25) is 0 Å². The van der Waals surface area contributed by atoms with E-state index in [9.17, 15) is 18.0 Å². The van der Waals surface area contributed by atoms with Crippen LogP contribution in [0.4, 0.5) is 13.2 Å². The van der Waals surface area contributed by atoms with Crippen molar-refractivity contribution in [1.82, 2.24) is 5.32 Å². The minimum absolute atomic E-state index is 0.0260. The quantitative estimate of drug-likeness (QED) is 0.819. The highest BCUT2D eigenvalue weighted by Crippen LogP contribution is 2.37. The molecule has 0 spiro atoms. The number of primary amides is 1. The number of carbonyl (C=O) groups is 1. The van der Waals surface area contributed by atoms with E-state index in [-0.39, 0.29) is 17.5 Å². The molecule has 0 aliphatic carbocycles. The van der Waals surface area contributed by atoms with Gasteiger partial charge in [-0.15, -0.1) is 0 Å². The SMILES string of the molecule is CC1CC(C)C(C(N)=O)C(c2ccc(F)c(F)c2F)N1. The van der Waals surface area contributed by atoms with Crippen molar-refractivity contribution in [2.45, 2.75) is 32.4 Å². The van der Waals surface area contributed by atoms with Crippen LogP contribution in [0.3, 0.4) is 0 Å². The third-order valence-electron chi connectivity index (χ3n) is 3.89. The van der Waals surface area contributed by atoms with Gasteiger partial charge in [-0.25, -0.2) is 13.2 Å². The standard InChI is InChI=1S/C14H17F3N2O/c1-6-5-7(2)19-13(10(6)14(18)20)8-3-4-9(15)12(17)11(8)16/h3-4,6-7,10,13,19H,5H2,1-2H3,(H2,18,20). The van der Waals surface area contributed by atoms with E-state index in [0.717, 1.165) is 12.1 Å². The number of carbonyl (C=O) groups excluding carboxylic acids is 1. The fourth-order valence-corrected chi connectivity index (χ4v) is 3.02. The molecule has 1 aliphatic heterocycles. The normalized spacial score (nSPS) is 30.2. The second-order valence-electron chi connectivity index (χ2n) is 5.45. The first-order valence-corrected chi connectivity index (χ1v) is 6.51. The van der Waals surface area contributed by atoms with Crippen LogP contribution in [0, 0.1) is 29.3 Å². The van der Waals surface area contributed by atoms with Crippen molar-refractivity contribution in [3.05, 3.63) is 35.1 Å². The molecule has 0 bridgehead atoms. The molecule has 1 aromatic rings. The Bertz CT molecular complexity index is 535. The summed E-state index contributed by atoms with van der Waals surface area (Å²) >= 11 is 0. The maximum atomic E-state index is 13.9. The van der Waals surface area contributed by atoms with Crippen molar-refractivity contribution >= 4 is 5.91 Å². The van der Waals surface area contributed by atoms with Crippen LogP contribution in [0.15, 0.2) is 12.1 Å². The summed E-state index contributed by atoms with van der Waals surface area (Å²) in [6.07, 6.45) is 0.704. The van der Waals surface area contributed by atoms with Gasteiger partial charge in [0, 0.05) is 17.6 Å². The van der Waals surface area contributed by atoms with E-state index in [1.807, 2.05) is 13.8 Å². The summed E-state index contributed by atoms with van der Waals surface area (Å²) < 4.78 is 40.3. The van der Waals surface area contributed by atoms with Gasteiger partial charge in [0.25, 0.3) is 0 Å². The van der Waals surface area contributed by atoms with Crippen LogP contribution in [0.25, 0.3) is 0 Å². The summed E-state index contributed by atoms with van der Waals surface area (Å²) in [5, 5.41) is 3.05. The molecule has 2 rings (SSSR count). The van der Waals surface area contributed by atoms with Gasteiger partial charge in [0.1, 0.15) is 0 Å². The van der Waals surface area contributed by atoms with Crippen molar-refractivity contribution in [3.63, 3.8) is 0 Å². The predicted molar refractivity (Wildman–Crippen MR) is 68.1 cm³/mol. The zero-order valence-electron chi connectivity index (χ0n) is 11.3. The van der Waals surface area contributed by atoms with Crippen molar-refractivity contribution in [2.75, 3.05) is 0 Å². The van der Waals surface area contributed by atoms with Crippen molar-refractivity contribution in [1.29, 1.82) is 0 Å². The van der Waals surface area contributed by atoms with Gasteiger partial charge >= 0.3 is 0 Å². The van der Waals surface area contributed by atoms with E-state index in [4.69, 9.17) is 5.73 Å². The molecule has 0 radical (unpaired) electrons. The minimum Gasteiger partial charge on any atom is -0.369 e. The maximum Gasteiger partial charge on any atom is 0.222 e. The van der Waals surface area contributed by atoms with E-state index in [0.29, 0.717) is 6.42 Å². The van der Waals surface area contributed by atoms with Gasteiger partial charge in [-0.2, -0.15) is 0 Å². The number of piperidine rings is 1. The Morgan fingerprint density at radius 3 is 2.50 bits per heavy atom. The van der Waals surface area contributed by atoms with Gasteiger partial charge in [-0.05, 0) is 25.3 Å². The van der Waals surface area contributed by atoms with Gasteiger partial charge in [0.2, 0.25) is 5.91 Å². The number of nitrogens with two attached hydrogens (primary N) is 1. The van der Waals surface area contributed by atoms with Crippen LogP contribution >= 0.6 is 0 Å². The van der Waals surface area contributed by atoms with Crippen LogP contribution in [-0.2, 0) is 4.79 Å². The van der Waals surface area contributed by atoms with Crippen molar-refractivity contribution < 1.29 is 18.0 Å². The third kappa shape index (κ3) is 2.52. The van der Waals surface area contributed by atoms with Crippen LogP contribution in [0.5, 0.6) is 0 Å². The molecule has 4 atom stereocenters. The molecule has 1 heterocycles. The molecular weight excluding hydrogens is 269 g/mol. The predicted octanol–water partition coefficient (Wildman–Crippen LogP) is 2.26. The Morgan fingerprint density at radius 2 is 1.90 bits per heavy atom. The lowest BCUT2D eigenvalue weighted by atomic mass is 9.76. The molecule has 0 saturated carbocycles. The second kappa shape index (κ2) is 5.44. The first-order chi connectivity index (χ1) is 9.32. The van der Waals surface area contributed by atoms with E-state index in [2.05, 4.69) is 5.32 Å². The molecule has 1 aromatic carbocycles. The van der Waals surface area contributed by atoms with Gasteiger partial charge < -0.3 is 11.1 Å². The zero-order chi connectivity index (χ0) is 15.0. The largest absolute Gasteiger partial charge is 0.369 e. The molecule has 6 heteroatoms. The molecule has 1 saturated heterocycles. The summed E-state index contributed by atoms with van der Waals surface area (Å²) in [5.41, 5.74) is 5.32. The monoisotopic (exact) mass is 286 g/mol. The Morgan fingerprint density at radius 1 is 1.25 bits per heavy atom. The van der Waals surface area contributed by atoms with Gasteiger partial charge in [-0.1, -0.05) is 13.0 Å². The number of nitrogens with one attached hydrogen (secondary N) is 1. The number of amides is 1. The van der Waals surface area contributed by atoms with Crippen LogP contribution in [-0.4, -0.2) is 11.9 Å². The Labute approximate surface area is 115 Å². The van der Waals surface area contributed by atoms with Crippen molar-refractivity contribution in [3.8, 4) is 0 Å². The summed E-state index contributed by atoms with van der Waals surface area (Å²) in [7, 11) is 0. The number of rotatable bonds is 2. The highest BCUT2D eigenvalue weighted by Gasteiger charge is 2.39. The minimum atomic E-state index is -1.53. The molecule has 1 aliphatic rings. The number of hydrogen-bond acceptors (Lipinski definition) is 2. The molecular formula is C14H17F3N2O. The molecule has 4 unspecified atom stereocenters. The van der Waals surface area contributed by atoms with Crippen molar-refractivity contribution in [2.24, 2.45) is 17.6 Å². The summed E-state index contributed by atoms with van der Waals surface area (Å²) in [5.74, 6) is -5.36. The lowest BCUT2D eigenvalue weighted by Gasteiger charge is -2.39. The first-order valence-electron chi connectivity index (χ1n) is 6.51. The van der Waals surface area contributed by atoms with E-state index < -0.39 is 35.3 Å². The third-order valence-corrected chi connectivity index (χ3v) is 3.89. The number of benzene rings is 1. The summed E-state index contributed by atoms with van der Waals surface area (Å²) in [6.45, 7) is 3.73. The molecule has 110 valence electrons. The fourth-order valence-electron chi connectivity index (χ4n) is 3.02. The Hall–Kier alpha value is -1.56. The highest BCUT2D eigenvalue weighted by molar-refractivity contribution is 5.78. The van der Waals surface area contributed by atoms with Crippen LogP contribution < -0.4 is 11.1 Å². The lowest BCUT2D eigenvalue weighted by Crippen LogP contribution is -2.49. The Kier molecular flexibility index (Phi) is 4.04. The number of halogens is 3. The average Bonchev–Trinajstić information content (AvgIpc) is 2.34. The van der Waals surface area contributed by atoms with E-state index >= 15 is 0 Å². The van der Waals surface area contributed by atoms with Crippen LogP contribution in [0.1, 0.15) is 31.9 Å². The van der Waals surface area contributed by atoms with E-state index in [1.54, 1.807) is 0 Å². The van der Waals surface area contributed by atoms with Gasteiger partial charge in [0.15, 0.2) is 17.5 Å². The molecule has 1 amide bonds. The highest BCUT2D eigenvalue weighted by atomic mass is 19.2. The first kappa shape index (κ1) is 14.8. The van der Waals surface area contributed by atoms with E-state index in [1.165, 1.54) is 0 Å². The Balaban J connectivity index is 2.47.